The largest absolute Gasteiger partial charge is 0.495 e. The predicted octanol–water partition coefficient (Wildman–Crippen LogP) is 3.15. The number of rotatable bonds is 4. The second-order valence-corrected chi connectivity index (χ2v) is 4.96. The van der Waals surface area contributed by atoms with Gasteiger partial charge >= 0.3 is 0 Å². The van der Waals surface area contributed by atoms with Gasteiger partial charge < -0.3 is 15.8 Å². The summed E-state index contributed by atoms with van der Waals surface area (Å²) < 4.78 is 5.21. The first-order valence-electron chi connectivity index (χ1n) is 5.97. The first-order chi connectivity index (χ1) is 9.15. The van der Waals surface area contributed by atoms with Crippen LogP contribution in [0.2, 0.25) is 0 Å². The zero-order valence-electron chi connectivity index (χ0n) is 10.9. The number of nitrogens with two attached hydrogens (primary N) is 1. The Morgan fingerprint density at radius 3 is 2.89 bits per heavy atom. The predicted molar refractivity (Wildman–Crippen MR) is 79.1 cm³/mol. The minimum Gasteiger partial charge on any atom is -0.495 e. The number of hydrogen-bond donors (Lipinski definition) is 2. The van der Waals surface area contributed by atoms with Crippen LogP contribution < -0.4 is 15.8 Å². The number of benzene rings is 1. The van der Waals surface area contributed by atoms with Crippen molar-refractivity contribution < 1.29 is 9.53 Å². The van der Waals surface area contributed by atoms with Gasteiger partial charge in [-0.3, -0.25) is 4.79 Å². The third kappa shape index (κ3) is 2.88. The second kappa shape index (κ2) is 5.75. The number of nitrogen functional groups attached to an aromatic ring is 1. The fraction of sp³-hybridized carbons (Fsp3) is 0.214. The van der Waals surface area contributed by atoms with Crippen LogP contribution in [0, 0.1) is 0 Å². The summed E-state index contributed by atoms with van der Waals surface area (Å²) in [7, 11) is 1.56. The SMILES string of the molecule is CCc1ccsc1C(=O)Nc1cc(N)ccc1OC. The van der Waals surface area contributed by atoms with E-state index < -0.39 is 0 Å². The number of carbonyl (C=O) groups is 1. The maximum atomic E-state index is 12.2. The first-order valence-corrected chi connectivity index (χ1v) is 6.85. The van der Waals surface area contributed by atoms with E-state index in [0.29, 0.717) is 17.1 Å². The lowest BCUT2D eigenvalue weighted by atomic mass is 10.2. The molecule has 0 atom stereocenters. The van der Waals surface area contributed by atoms with Gasteiger partial charge in [-0.2, -0.15) is 0 Å². The molecule has 2 rings (SSSR count). The third-order valence-electron chi connectivity index (χ3n) is 2.81. The molecule has 0 aliphatic carbocycles. The Labute approximate surface area is 116 Å². The topological polar surface area (TPSA) is 64.4 Å². The Balaban J connectivity index is 2.26. The van der Waals surface area contributed by atoms with Crippen molar-refractivity contribution in [3.8, 4) is 5.75 Å². The lowest BCUT2D eigenvalue weighted by Gasteiger charge is -2.10. The van der Waals surface area contributed by atoms with Gasteiger partial charge in [0.1, 0.15) is 5.75 Å². The van der Waals surface area contributed by atoms with Gasteiger partial charge in [0, 0.05) is 5.69 Å². The summed E-state index contributed by atoms with van der Waals surface area (Å²) in [6.45, 7) is 2.03. The molecule has 1 aromatic heterocycles. The van der Waals surface area contributed by atoms with Crippen molar-refractivity contribution in [3.05, 3.63) is 40.1 Å². The van der Waals surface area contributed by atoms with E-state index in [0.717, 1.165) is 16.9 Å². The zero-order valence-corrected chi connectivity index (χ0v) is 11.7. The normalized spacial score (nSPS) is 10.2. The molecule has 0 aliphatic rings. The number of aryl methyl sites for hydroxylation is 1. The Morgan fingerprint density at radius 2 is 2.21 bits per heavy atom. The molecule has 0 fully saturated rings. The lowest BCUT2D eigenvalue weighted by Crippen LogP contribution is -2.13. The van der Waals surface area contributed by atoms with E-state index in [2.05, 4.69) is 5.32 Å². The van der Waals surface area contributed by atoms with Crippen LogP contribution in [-0.2, 0) is 6.42 Å². The van der Waals surface area contributed by atoms with Gasteiger partial charge in [0.15, 0.2) is 0 Å². The highest BCUT2D eigenvalue weighted by molar-refractivity contribution is 7.12. The molecule has 0 aliphatic heterocycles. The number of carbonyl (C=O) groups excluding carboxylic acids is 1. The number of ether oxygens (including phenoxy) is 1. The monoisotopic (exact) mass is 276 g/mol. The quantitative estimate of drug-likeness (QED) is 0.843. The lowest BCUT2D eigenvalue weighted by molar-refractivity contribution is 0.102. The molecule has 0 saturated heterocycles. The maximum absolute atomic E-state index is 12.2. The van der Waals surface area contributed by atoms with Crippen molar-refractivity contribution in [2.45, 2.75) is 13.3 Å². The van der Waals surface area contributed by atoms with Crippen LogP contribution >= 0.6 is 11.3 Å². The number of anilines is 2. The van der Waals surface area contributed by atoms with E-state index >= 15 is 0 Å². The van der Waals surface area contributed by atoms with Crippen LogP contribution in [0.5, 0.6) is 5.75 Å². The molecule has 19 heavy (non-hydrogen) atoms. The molecule has 5 heteroatoms. The van der Waals surface area contributed by atoms with Gasteiger partial charge in [-0.15, -0.1) is 11.3 Å². The van der Waals surface area contributed by atoms with Crippen molar-refractivity contribution in [1.29, 1.82) is 0 Å². The van der Waals surface area contributed by atoms with Crippen LogP contribution in [0.25, 0.3) is 0 Å². The molecule has 0 unspecified atom stereocenters. The molecule has 1 heterocycles. The Kier molecular flexibility index (Phi) is 4.06. The summed E-state index contributed by atoms with van der Waals surface area (Å²) in [5.41, 5.74) is 7.94. The Bertz CT molecular complexity index is 593. The number of hydrogen-bond acceptors (Lipinski definition) is 4. The van der Waals surface area contributed by atoms with Crippen molar-refractivity contribution in [3.63, 3.8) is 0 Å². The van der Waals surface area contributed by atoms with Gasteiger partial charge in [0.2, 0.25) is 0 Å². The third-order valence-corrected chi connectivity index (χ3v) is 3.76. The summed E-state index contributed by atoms with van der Waals surface area (Å²) in [6.07, 6.45) is 0.834. The molecule has 0 radical (unpaired) electrons. The van der Waals surface area contributed by atoms with E-state index in [1.807, 2.05) is 18.4 Å². The Hall–Kier alpha value is -2.01. The highest BCUT2D eigenvalue weighted by Gasteiger charge is 2.14. The molecular weight excluding hydrogens is 260 g/mol. The molecule has 100 valence electrons. The average Bonchev–Trinajstić information content (AvgIpc) is 2.87. The number of thiophene rings is 1. The van der Waals surface area contributed by atoms with Gasteiger partial charge in [-0.05, 0) is 41.6 Å². The van der Waals surface area contributed by atoms with Gasteiger partial charge in [0.25, 0.3) is 5.91 Å². The van der Waals surface area contributed by atoms with Gasteiger partial charge in [0.05, 0.1) is 17.7 Å². The smallest absolute Gasteiger partial charge is 0.266 e. The molecule has 0 spiro atoms. The van der Waals surface area contributed by atoms with Crippen LogP contribution in [0.15, 0.2) is 29.6 Å². The summed E-state index contributed by atoms with van der Waals surface area (Å²) in [4.78, 5) is 13.0. The highest BCUT2D eigenvalue weighted by atomic mass is 32.1. The summed E-state index contributed by atoms with van der Waals surface area (Å²) >= 11 is 1.44. The van der Waals surface area contributed by atoms with Gasteiger partial charge in [-0.1, -0.05) is 6.92 Å². The fourth-order valence-electron chi connectivity index (χ4n) is 1.82. The second-order valence-electron chi connectivity index (χ2n) is 4.04. The molecule has 2 aromatic rings. The van der Waals surface area contributed by atoms with Crippen LogP contribution in [0.3, 0.4) is 0 Å². The summed E-state index contributed by atoms with van der Waals surface area (Å²) in [5.74, 6) is 0.466. The number of amides is 1. The Morgan fingerprint density at radius 1 is 1.42 bits per heavy atom. The van der Waals surface area contributed by atoms with Crippen LogP contribution in [0.4, 0.5) is 11.4 Å². The minimum atomic E-state index is -0.129. The number of nitrogens with one attached hydrogen (secondary N) is 1. The molecule has 1 aromatic carbocycles. The van der Waals surface area contributed by atoms with Crippen molar-refractivity contribution in [2.75, 3.05) is 18.2 Å². The van der Waals surface area contributed by atoms with Crippen LogP contribution in [0.1, 0.15) is 22.2 Å². The summed E-state index contributed by atoms with van der Waals surface area (Å²) in [5, 5.41) is 4.77. The summed E-state index contributed by atoms with van der Waals surface area (Å²) in [6, 6.07) is 7.13. The molecule has 0 bridgehead atoms. The van der Waals surface area contributed by atoms with Crippen molar-refractivity contribution in [1.82, 2.24) is 0 Å². The molecular formula is C14H16N2O2S. The molecule has 4 nitrogen and oxygen atoms in total. The maximum Gasteiger partial charge on any atom is 0.266 e. The van der Waals surface area contributed by atoms with E-state index in [1.165, 1.54) is 11.3 Å². The van der Waals surface area contributed by atoms with Crippen LogP contribution in [-0.4, -0.2) is 13.0 Å². The van der Waals surface area contributed by atoms with E-state index in [9.17, 15) is 4.79 Å². The van der Waals surface area contributed by atoms with E-state index in [4.69, 9.17) is 10.5 Å². The molecule has 1 amide bonds. The van der Waals surface area contributed by atoms with Gasteiger partial charge in [-0.25, -0.2) is 0 Å². The van der Waals surface area contributed by atoms with E-state index in [1.54, 1.807) is 25.3 Å². The minimum absolute atomic E-state index is 0.129. The average molecular weight is 276 g/mol. The number of methoxy groups -OCH3 is 1. The first kappa shape index (κ1) is 13.4. The van der Waals surface area contributed by atoms with Crippen molar-refractivity contribution >= 4 is 28.6 Å². The fourth-order valence-corrected chi connectivity index (χ4v) is 2.71. The highest BCUT2D eigenvalue weighted by Crippen LogP contribution is 2.28. The standard InChI is InChI=1S/C14H16N2O2S/c1-3-9-6-7-19-13(9)14(17)16-11-8-10(15)4-5-12(11)18-2/h4-8H,3,15H2,1-2H3,(H,16,17). The zero-order chi connectivity index (χ0) is 13.8. The van der Waals surface area contributed by atoms with E-state index in [-0.39, 0.29) is 5.91 Å². The molecule has 0 saturated carbocycles. The molecule has 3 N–H and O–H groups in total. The van der Waals surface area contributed by atoms with Crippen molar-refractivity contribution in [2.24, 2.45) is 0 Å².